The molecule has 0 aliphatic rings. The molecule has 0 bridgehead atoms. The first-order valence-electron chi connectivity index (χ1n) is 4.93. The molecule has 0 saturated heterocycles. The van der Waals surface area contributed by atoms with E-state index in [2.05, 4.69) is 4.98 Å². The second-order valence-corrected chi connectivity index (χ2v) is 4.10. The van der Waals surface area contributed by atoms with Crippen LogP contribution >= 0.6 is 11.6 Å². The monoisotopic (exact) mass is 290 g/mol. The van der Waals surface area contributed by atoms with Crippen LogP contribution in [0.25, 0.3) is 5.69 Å². The number of aromatic nitrogens is 2. The van der Waals surface area contributed by atoms with Gasteiger partial charge in [-0.25, -0.2) is 9.78 Å². The molecule has 1 aromatic carbocycles. The number of imidazole rings is 1. The SMILES string of the molecule is O=C(O)c1cn(-c2cc(Cl)cc(C(F)(F)F)c2)cn1. The molecule has 0 aliphatic carbocycles. The Kier molecular flexibility index (Phi) is 3.23. The van der Waals surface area contributed by atoms with E-state index in [-0.39, 0.29) is 16.4 Å². The average Bonchev–Trinajstić information content (AvgIpc) is 2.76. The zero-order valence-electron chi connectivity index (χ0n) is 9.15. The molecule has 1 N–H and O–H groups in total. The van der Waals surface area contributed by atoms with Crippen molar-refractivity contribution in [3.63, 3.8) is 0 Å². The summed E-state index contributed by atoms with van der Waals surface area (Å²) in [5.41, 5.74) is -1.10. The summed E-state index contributed by atoms with van der Waals surface area (Å²) < 4.78 is 39.0. The van der Waals surface area contributed by atoms with Gasteiger partial charge in [0.1, 0.15) is 6.33 Å². The van der Waals surface area contributed by atoms with E-state index in [1.165, 1.54) is 6.07 Å². The van der Waals surface area contributed by atoms with Crippen molar-refractivity contribution in [3.8, 4) is 5.69 Å². The standard InChI is InChI=1S/C11H6ClF3N2O2/c12-7-1-6(11(13,14)15)2-8(3-7)17-4-9(10(18)19)16-5-17/h1-5H,(H,18,19). The summed E-state index contributed by atoms with van der Waals surface area (Å²) in [6, 6.07) is 2.93. The molecule has 100 valence electrons. The molecule has 0 spiro atoms. The van der Waals surface area contributed by atoms with Crippen LogP contribution in [0, 0.1) is 0 Å². The molecule has 0 amide bonds. The minimum atomic E-state index is -4.53. The summed E-state index contributed by atoms with van der Waals surface area (Å²) in [6.45, 7) is 0. The van der Waals surface area contributed by atoms with Gasteiger partial charge in [0.15, 0.2) is 5.69 Å². The lowest BCUT2D eigenvalue weighted by Gasteiger charge is -2.10. The quantitative estimate of drug-likeness (QED) is 0.924. The van der Waals surface area contributed by atoms with E-state index in [1.54, 1.807) is 0 Å². The van der Waals surface area contributed by atoms with Crippen LogP contribution in [0.5, 0.6) is 0 Å². The molecule has 1 heterocycles. The van der Waals surface area contributed by atoms with Gasteiger partial charge >= 0.3 is 12.1 Å². The van der Waals surface area contributed by atoms with Crippen LogP contribution in [0.1, 0.15) is 16.1 Å². The van der Waals surface area contributed by atoms with Crippen LogP contribution in [0.4, 0.5) is 13.2 Å². The normalized spacial score (nSPS) is 11.6. The van der Waals surface area contributed by atoms with Gasteiger partial charge in [0.25, 0.3) is 0 Å². The summed E-state index contributed by atoms with van der Waals surface area (Å²) in [5, 5.41) is 8.60. The third-order valence-corrected chi connectivity index (χ3v) is 2.53. The van der Waals surface area contributed by atoms with Crippen molar-refractivity contribution in [1.29, 1.82) is 0 Å². The van der Waals surface area contributed by atoms with E-state index in [1.807, 2.05) is 0 Å². The zero-order chi connectivity index (χ0) is 14.2. The predicted octanol–water partition coefficient (Wildman–Crippen LogP) is 3.24. The number of carboxylic acids is 1. The third-order valence-electron chi connectivity index (χ3n) is 2.31. The molecule has 0 aliphatic heterocycles. The lowest BCUT2D eigenvalue weighted by atomic mass is 10.2. The molecule has 0 radical (unpaired) electrons. The van der Waals surface area contributed by atoms with Crippen molar-refractivity contribution in [1.82, 2.24) is 9.55 Å². The number of carboxylic acid groups (broad SMARTS) is 1. The van der Waals surface area contributed by atoms with E-state index < -0.39 is 17.7 Å². The fraction of sp³-hybridized carbons (Fsp3) is 0.0909. The van der Waals surface area contributed by atoms with Crippen molar-refractivity contribution in [3.05, 3.63) is 47.0 Å². The van der Waals surface area contributed by atoms with Gasteiger partial charge < -0.3 is 9.67 Å². The maximum atomic E-state index is 12.6. The van der Waals surface area contributed by atoms with Crippen molar-refractivity contribution in [2.45, 2.75) is 6.18 Å². The molecule has 0 atom stereocenters. The van der Waals surface area contributed by atoms with Gasteiger partial charge in [0, 0.05) is 16.9 Å². The highest BCUT2D eigenvalue weighted by Crippen LogP contribution is 2.32. The van der Waals surface area contributed by atoms with E-state index in [0.717, 1.165) is 29.2 Å². The number of hydrogen-bond donors (Lipinski definition) is 1. The highest BCUT2D eigenvalue weighted by Gasteiger charge is 2.31. The van der Waals surface area contributed by atoms with Crippen LogP contribution in [0.2, 0.25) is 5.02 Å². The zero-order valence-corrected chi connectivity index (χ0v) is 9.90. The van der Waals surface area contributed by atoms with Gasteiger partial charge in [0.05, 0.1) is 5.56 Å². The van der Waals surface area contributed by atoms with Gasteiger partial charge in [-0.3, -0.25) is 0 Å². The van der Waals surface area contributed by atoms with Crippen LogP contribution in [-0.4, -0.2) is 20.6 Å². The fourth-order valence-electron chi connectivity index (χ4n) is 1.46. The number of carbonyl (C=O) groups is 1. The Bertz CT molecular complexity index is 637. The fourth-order valence-corrected chi connectivity index (χ4v) is 1.69. The minimum Gasteiger partial charge on any atom is -0.476 e. The molecular formula is C11H6ClF3N2O2. The second kappa shape index (κ2) is 4.58. The summed E-state index contributed by atoms with van der Waals surface area (Å²) in [7, 11) is 0. The van der Waals surface area contributed by atoms with E-state index in [9.17, 15) is 18.0 Å². The van der Waals surface area contributed by atoms with E-state index >= 15 is 0 Å². The largest absolute Gasteiger partial charge is 0.476 e. The first-order chi connectivity index (χ1) is 8.77. The molecule has 19 heavy (non-hydrogen) atoms. The Morgan fingerprint density at radius 3 is 2.53 bits per heavy atom. The average molecular weight is 291 g/mol. The van der Waals surface area contributed by atoms with Crippen molar-refractivity contribution >= 4 is 17.6 Å². The van der Waals surface area contributed by atoms with Gasteiger partial charge in [-0.15, -0.1) is 0 Å². The number of nitrogens with zero attached hydrogens (tertiary/aromatic N) is 2. The Labute approximate surface area is 110 Å². The summed E-state index contributed by atoms with van der Waals surface area (Å²) in [6.07, 6.45) is -2.32. The molecule has 0 fully saturated rings. The maximum absolute atomic E-state index is 12.6. The Balaban J connectivity index is 2.50. The number of aromatic carboxylic acids is 1. The molecule has 0 saturated carbocycles. The highest BCUT2D eigenvalue weighted by atomic mass is 35.5. The molecule has 2 aromatic rings. The molecule has 8 heteroatoms. The lowest BCUT2D eigenvalue weighted by molar-refractivity contribution is -0.137. The van der Waals surface area contributed by atoms with Gasteiger partial charge in [-0.05, 0) is 18.2 Å². The van der Waals surface area contributed by atoms with Gasteiger partial charge in [-0.2, -0.15) is 13.2 Å². The smallest absolute Gasteiger partial charge is 0.416 e. The van der Waals surface area contributed by atoms with E-state index in [4.69, 9.17) is 16.7 Å². The summed E-state index contributed by atoms with van der Waals surface area (Å²) in [5.74, 6) is -1.27. The van der Waals surface area contributed by atoms with Crippen LogP contribution in [-0.2, 0) is 6.18 Å². The first-order valence-corrected chi connectivity index (χ1v) is 5.30. The van der Waals surface area contributed by atoms with Crippen LogP contribution in [0.15, 0.2) is 30.7 Å². The van der Waals surface area contributed by atoms with E-state index in [0.29, 0.717) is 0 Å². The summed E-state index contributed by atoms with van der Waals surface area (Å²) in [4.78, 5) is 14.2. The third kappa shape index (κ3) is 2.87. The molecule has 2 rings (SSSR count). The molecule has 0 unspecified atom stereocenters. The Morgan fingerprint density at radius 2 is 2.00 bits per heavy atom. The van der Waals surface area contributed by atoms with Crippen molar-refractivity contribution < 1.29 is 23.1 Å². The van der Waals surface area contributed by atoms with Crippen molar-refractivity contribution in [2.75, 3.05) is 0 Å². The first kappa shape index (κ1) is 13.4. The molecular weight excluding hydrogens is 285 g/mol. The number of hydrogen-bond acceptors (Lipinski definition) is 2. The molecule has 4 nitrogen and oxygen atoms in total. The highest BCUT2D eigenvalue weighted by molar-refractivity contribution is 6.30. The number of alkyl halides is 3. The Morgan fingerprint density at radius 1 is 1.32 bits per heavy atom. The van der Waals surface area contributed by atoms with Crippen LogP contribution < -0.4 is 0 Å². The Hall–Kier alpha value is -2.02. The predicted molar refractivity (Wildman–Crippen MR) is 60.5 cm³/mol. The number of halogens is 4. The minimum absolute atomic E-state index is 0.0832. The second-order valence-electron chi connectivity index (χ2n) is 3.67. The van der Waals surface area contributed by atoms with Gasteiger partial charge in [-0.1, -0.05) is 11.6 Å². The number of rotatable bonds is 2. The maximum Gasteiger partial charge on any atom is 0.416 e. The molecule has 1 aromatic heterocycles. The lowest BCUT2D eigenvalue weighted by Crippen LogP contribution is -2.06. The van der Waals surface area contributed by atoms with Gasteiger partial charge in [0.2, 0.25) is 0 Å². The van der Waals surface area contributed by atoms with Crippen LogP contribution in [0.3, 0.4) is 0 Å². The van der Waals surface area contributed by atoms with Crippen molar-refractivity contribution in [2.24, 2.45) is 0 Å². The summed E-state index contributed by atoms with van der Waals surface area (Å²) >= 11 is 5.63. The number of benzene rings is 1. The topological polar surface area (TPSA) is 55.1 Å².